The van der Waals surface area contributed by atoms with Crippen LogP contribution in [0.4, 0.5) is 21.5 Å². The third kappa shape index (κ3) is 2.84. The number of benzene rings is 1. The number of nitrogens with zero attached hydrogens (tertiary/aromatic N) is 3. The first kappa shape index (κ1) is 15.3. The fourth-order valence-corrected chi connectivity index (χ4v) is 2.58. The van der Waals surface area contributed by atoms with Crippen LogP contribution in [0.25, 0.3) is 10.9 Å². The maximum absolute atomic E-state index is 13.2. The monoisotopic (exact) mass is 347 g/mol. The van der Waals surface area contributed by atoms with E-state index in [2.05, 4.69) is 15.3 Å². The van der Waals surface area contributed by atoms with Gasteiger partial charge in [-0.1, -0.05) is 23.2 Å². The summed E-state index contributed by atoms with van der Waals surface area (Å²) in [6, 6.07) is 6.62. The van der Waals surface area contributed by atoms with E-state index in [-0.39, 0.29) is 10.6 Å². The van der Waals surface area contributed by atoms with Crippen molar-refractivity contribution in [1.82, 2.24) is 9.97 Å². The van der Waals surface area contributed by atoms with Gasteiger partial charge in [-0.3, -0.25) is 4.98 Å². The van der Waals surface area contributed by atoms with Crippen LogP contribution >= 0.6 is 23.2 Å². The molecule has 0 amide bonds. The topological polar surface area (TPSA) is 87.6 Å². The molecule has 0 radical (unpaired) electrons. The van der Waals surface area contributed by atoms with Gasteiger partial charge in [-0.05, 0) is 18.2 Å². The van der Waals surface area contributed by atoms with Crippen molar-refractivity contribution in [3.63, 3.8) is 0 Å². The lowest BCUT2D eigenvalue weighted by Gasteiger charge is -2.12. The summed E-state index contributed by atoms with van der Waals surface area (Å²) < 4.78 is 13.2. The molecule has 0 aliphatic heterocycles. The van der Waals surface area contributed by atoms with Gasteiger partial charge in [0, 0.05) is 17.3 Å². The second kappa shape index (κ2) is 5.88. The van der Waals surface area contributed by atoms with Crippen molar-refractivity contribution < 1.29 is 4.39 Å². The number of hydrogen-bond acceptors (Lipinski definition) is 5. The van der Waals surface area contributed by atoms with E-state index >= 15 is 0 Å². The number of hydrogen-bond donors (Lipinski definition) is 2. The molecule has 2 heterocycles. The molecule has 0 saturated heterocycles. The van der Waals surface area contributed by atoms with Gasteiger partial charge in [0.05, 0.1) is 38.7 Å². The molecule has 23 heavy (non-hydrogen) atoms. The smallest absolute Gasteiger partial charge is 0.231 e. The van der Waals surface area contributed by atoms with Crippen molar-refractivity contribution in [2.45, 2.75) is 0 Å². The van der Waals surface area contributed by atoms with E-state index in [9.17, 15) is 9.65 Å². The van der Waals surface area contributed by atoms with Gasteiger partial charge in [0.25, 0.3) is 0 Å². The van der Waals surface area contributed by atoms with Crippen LogP contribution in [0.3, 0.4) is 0 Å². The first-order valence-corrected chi connectivity index (χ1v) is 7.11. The SMILES string of the molecule is N#Cc1cnc2c(Cl)cc(N)cc2c1Nc1cnc(F)c(Cl)c1. The zero-order chi connectivity index (χ0) is 16.6. The maximum Gasteiger partial charge on any atom is 0.231 e. The maximum atomic E-state index is 13.2. The van der Waals surface area contributed by atoms with Crippen LogP contribution in [-0.2, 0) is 0 Å². The summed E-state index contributed by atoms with van der Waals surface area (Å²) in [7, 11) is 0. The Labute approximate surface area is 140 Å². The number of pyridine rings is 2. The van der Waals surface area contributed by atoms with Crippen LogP contribution in [0, 0.1) is 17.3 Å². The fraction of sp³-hybridized carbons (Fsp3) is 0. The molecule has 2 aromatic heterocycles. The van der Waals surface area contributed by atoms with Crippen LogP contribution in [0.15, 0.2) is 30.6 Å². The zero-order valence-electron chi connectivity index (χ0n) is 11.4. The molecule has 0 atom stereocenters. The Hall–Kier alpha value is -2.62. The largest absolute Gasteiger partial charge is 0.399 e. The second-order valence-corrected chi connectivity index (χ2v) is 5.49. The number of nitrogens with two attached hydrogens (primary N) is 1. The molecule has 0 aliphatic carbocycles. The molecule has 3 rings (SSSR count). The van der Waals surface area contributed by atoms with Crippen molar-refractivity contribution in [3.8, 4) is 6.07 Å². The van der Waals surface area contributed by atoms with Crippen molar-refractivity contribution in [3.05, 3.63) is 52.1 Å². The zero-order valence-corrected chi connectivity index (χ0v) is 13.0. The summed E-state index contributed by atoms with van der Waals surface area (Å²) in [6.07, 6.45) is 2.66. The summed E-state index contributed by atoms with van der Waals surface area (Å²) in [6.45, 7) is 0. The summed E-state index contributed by atoms with van der Waals surface area (Å²) in [5.41, 5.74) is 7.87. The molecule has 5 nitrogen and oxygen atoms in total. The van der Waals surface area contributed by atoms with Crippen molar-refractivity contribution in [1.29, 1.82) is 5.26 Å². The number of anilines is 3. The van der Waals surface area contributed by atoms with Gasteiger partial charge in [0.15, 0.2) is 0 Å². The summed E-state index contributed by atoms with van der Waals surface area (Å²) >= 11 is 11.9. The highest BCUT2D eigenvalue weighted by Gasteiger charge is 2.13. The minimum absolute atomic E-state index is 0.135. The third-order valence-electron chi connectivity index (χ3n) is 3.13. The molecule has 0 spiro atoms. The standard InChI is InChI=1S/C15H8Cl2FN5/c16-11-2-8(20)1-10-13(7(4-19)5-21-14(10)11)23-9-3-12(17)15(18)22-6-9/h1-3,5-6H,20H2,(H,21,23). The van der Waals surface area contributed by atoms with Gasteiger partial charge in [-0.25, -0.2) is 4.98 Å². The van der Waals surface area contributed by atoms with E-state index < -0.39 is 5.95 Å². The molecule has 0 bridgehead atoms. The Morgan fingerprint density at radius 2 is 1.91 bits per heavy atom. The molecule has 0 unspecified atom stereocenters. The van der Waals surface area contributed by atoms with Gasteiger partial charge in [-0.15, -0.1) is 0 Å². The van der Waals surface area contributed by atoms with Crippen LogP contribution in [-0.4, -0.2) is 9.97 Å². The highest BCUT2D eigenvalue weighted by Crippen LogP contribution is 2.34. The van der Waals surface area contributed by atoms with E-state index in [0.29, 0.717) is 33.0 Å². The van der Waals surface area contributed by atoms with Crippen molar-refractivity contribution in [2.75, 3.05) is 11.1 Å². The molecule has 0 saturated carbocycles. The molecule has 0 fully saturated rings. The summed E-state index contributed by atoms with van der Waals surface area (Å²) in [5.74, 6) is -0.774. The number of nitrogen functional groups attached to an aromatic ring is 1. The Morgan fingerprint density at radius 1 is 1.13 bits per heavy atom. The van der Waals surface area contributed by atoms with Gasteiger partial charge >= 0.3 is 0 Å². The van der Waals surface area contributed by atoms with Gasteiger partial charge < -0.3 is 11.1 Å². The van der Waals surface area contributed by atoms with Crippen molar-refractivity contribution in [2.24, 2.45) is 0 Å². The quantitative estimate of drug-likeness (QED) is 0.533. The van der Waals surface area contributed by atoms with E-state index in [1.807, 2.05) is 6.07 Å². The average molecular weight is 348 g/mol. The number of nitrogens with one attached hydrogen (secondary N) is 1. The van der Waals surface area contributed by atoms with E-state index in [0.717, 1.165) is 0 Å². The first-order valence-electron chi connectivity index (χ1n) is 6.35. The molecule has 8 heteroatoms. The lowest BCUT2D eigenvalue weighted by Crippen LogP contribution is -1.99. The first-order chi connectivity index (χ1) is 11.0. The molecule has 1 aromatic carbocycles. The minimum Gasteiger partial charge on any atom is -0.399 e. The van der Waals surface area contributed by atoms with E-state index in [4.69, 9.17) is 28.9 Å². The highest BCUT2D eigenvalue weighted by molar-refractivity contribution is 6.36. The lowest BCUT2D eigenvalue weighted by molar-refractivity contribution is 0.584. The van der Waals surface area contributed by atoms with E-state index in [1.165, 1.54) is 18.5 Å². The molecular formula is C15H8Cl2FN5. The fourth-order valence-electron chi connectivity index (χ4n) is 2.13. The van der Waals surface area contributed by atoms with Crippen LogP contribution in [0.2, 0.25) is 10.0 Å². The molecule has 114 valence electrons. The van der Waals surface area contributed by atoms with Crippen LogP contribution in [0.1, 0.15) is 5.56 Å². The lowest BCUT2D eigenvalue weighted by atomic mass is 10.1. The average Bonchev–Trinajstić information content (AvgIpc) is 2.51. The Kier molecular flexibility index (Phi) is 3.90. The number of halogens is 3. The number of nitriles is 1. The van der Waals surface area contributed by atoms with Crippen LogP contribution in [0.5, 0.6) is 0 Å². The minimum atomic E-state index is -0.774. The number of fused-ring (bicyclic) bond motifs is 1. The van der Waals surface area contributed by atoms with E-state index in [1.54, 1.807) is 12.1 Å². The predicted octanol–water partition coefficient (Wildman–Crippen LogP) is 4.27. The molecule has 3 N–H and O–H groups in total. The molecule has 0 aliphatic rings. The third-order valence-corrected chi connectivity index (χ3v) is 3.69. The van der Waals surface area contributed by atoms with Gasteiger partial charge in [0.2, 0.25) is 5.95 Å². The summed E-state index contributed by atoms with van der Waals surface area (Å²) in [5, 5.41) is 13.1. The molecular weight excluding hydrogens is 340 g/mol. The Balaban J connectivity index is 2.22. The predicted molar refractivity (Wildman–Crippen MR) is 88.4 cm³/mol. The Morgan fingerprint density at radius 3 is 2.61 bits per heavy atom. The number of rotatable bonds is 2. The van der Waals surface area contributed by atoms with Crippen LogP contribution < -0.4 is 11.1 Å². The normalized spacial score (nSPS) is 10.5. The van der Waals surface area contributed by atoms with Gasteiger partial charge in [-0.2, -0.15) is 9.65 Å². The van der Waals surface area contributed by atoms with Crippen molar-refractivity contribution >= 4 is 51.2 Å². The Bertz CT molecular complexity index is 968. The number of aromatic nitrogens is 2. The molecule has 3 aromatic rings. The van der Waals surface area contributed by atoms with Gasteiger partial charge in [0.1, 0.15) is 6.07 Å². The highest BCUT2D eigenvalue weighted by atomic mass is 35.5. The summed E-state index contributed by atoms with van der Waals surface area (Å²) in [4.78, 5) is 7.71. The second-order valence-electron chi connectivity index (χ2n) is 4.68.